The van der Waals surface area contributed by atoms with Gasteiger partial charge in [-0.15, -0.1) is 0 Å². The van der Waals surface area contributed by atoms with E-state index in [0.717, 1.165) is 45.7 Å². The summed E-state index contributed by atoms with van der Waals surface area (Å²) < 4.78 is 0. The predicted octanol–water partition coefficient (Wildman–Crippen LogP) is 0.683. The third kappa shape index (κ3) is 3.07. The minimum absolute atomic E-state index is 0.00710. The highest BCUT2D eigenvalue weighted by molar-refractivity contribution is 5.94. The van der Waals surface area contributed by atoms with Crippen LogP contribution in [0.5, 0.6) is 0 Å². The summed E-state index contributed by atoms with van der Waals surface area (Å²) in [6.45, 7) is 9.85. The quantitative estimate of drug-likeness (QED) is 0.874. The number of carbonyl (C=O) groups excluding carboxylic acids is 1. The first-order chi connectivity index (χ1) is 12.0. The Morgan fingerprint density at radius 2 is 2.16 bits per heavy atom. The molecule has 4 rings (SSSR count). The Morgan fingerprint density at radius 1 is 1.36 bits per heavy atom. The van der Waals surface area contributed by atoms with Gasteiger partial charge in [0.05, 0.1) is 17.2 Å². The Hall–Kier alpha value is -1.50. The van der Waals surface area contributed by atoms with E-state index in [1.54, 1.807) is 18.5 Å². The maximum Gasteiger partial charge on any atom is 0.255 e. The fourth-order valence-electron chi connectivity index (χ4n) is 4.93. The fourth-order valence-corrected chi connectivity index (χ4v) is 4.93. The molecule has 1 N–H and O–H groups in total. The summed E-state index contributed by atoms with van der Waals surface area (Å²) in [5, 5.41) is 10.2. The average Bonchev–Trinajstić information content (AvgIpc) is 2.92. The van der Waals surface area contributed by atoms with Crippen molar-refractivity contribution < 1.29 is 9.90 Å². The lowest BCUT2D eigenvalue weighted by molar-refractivity contribution is -0.102. The zero-order chi connectivity index (χ0) is 17.6. The first-order valence-electron chi connectivity index (χ1n) is 9.33. The summed E-state index contributed by atoms with van der Waals surface area (Å²) in [5.41, 5.74) is 0.665. The smallest absolute Gasteiger partial charge is 0.255 e. The van der Waals surface area contributed by atoms with Crippen molar-refractivity contribution in [2.75, 3.05) is 39.3 Å². The summed E-state index contributed by atoms with van der Waals surface area (Å²) in [7, 11) is 0. The van der Waals surface area contributed by atoms with Crippen LogP contribution in [0, 0.1) is 5.92 Å². The van der Waals surface area contributed by atoms with Crippen molar-refractivity contribution in [1.29, 1.82) is 0 Å². The number of aliphatic hydroxyl groups is 1. The Labute approximate surface area is 149 Å². The lowest BCUT2D eigenvalue weighted by Crippen LogP contribution is -2.78. The Balaban J connectivity index is 1.49. The van der Waals surface area contributed by atoms with E-state index in [0.29, 0.717) is 17.5 Å². The predicted molar refractivity (Wildman–Crippen MR) is 95.3 cm³/mol. The molecule has 0 radical (unpaired) electrons. The van der Waals surface area contributed by atoms with Gasteiger partial charge in [-0.2, -0.15) is 0 Å². The van der Waals surface area contributed by atoms with Crippen LogP contribution in [0.2, 0.25) is 0 Å². The van der Waals surface area contributed by atoms with E-state index in [-0.39, 0.29) is 17.6 Å². The van der Waals surface area contributed by atoms with Crippen LogP contribution in [-0.2, 0) is 0 Å². The SMILES string of the molecule is CC(C)CN1C[C@@H]2C[C@@H](O)CN2C2(C1)CN(C(=O)c1cccnc1)C2. The molecule has 4 heterocycles. The number of carbonyl (C=O) groups is 1. The second kappa shape index (κ2) is 6.34. The number of β-amino-alcohol motifs (C(OH)–C–C–N with tert-alkyl or cyclic N) is 1. The van der Waals surface area contributed by atoms with Crippen LogP contribution >= 0.6 is 0 Å². The number of hydrogen-bond acceptors (Lipinski definition) is 5. The normalized spacial score (nSPS) is 29.0. The average molecular weight is 344 g/mol. The van der Waals surface area contributed by atoms with Crippen molar-refractivity contribution in [3.8, 4) is 0 Å². The molecule has 3 aliphatic heterocycles. The molecule has 2 atom stereocenters. The molecule has 3 fully saturated rings. The minimum Gasteiger partial charge on any atom is -0.392 e. The van der Waals surface area contributed by atoms with E-state index in [2.05, 4.69) is 28.6 Å². The minimum atomic E-state index is -0.232. The third-order valence-electron chi connectivity index (χ3n) is 5.78. The van der Waals surface area contributed by atoms with Gasteiger partial charge in [-0.1, -0.05) is 13.8 Å². The summed E-state index contributed by atoms with van der Waals surface area (Å²) in [5.74, 6) is 0.694. The lowest BCUT2D eigenvalue weighted by atomic mass is 9.83. The van der Waals surface area contributed by atoms with Crippen LogP contribution in [0.4, 0.5) is 0 Å². The van der Waals surface area contributed by atoms with E-state index in [1.807, 2.05) is 11.0 Å². The van der Waals surface area contributed by atoms with Crippen LogP contribution in [0.1, 0.15) is 30.6 Å². The standard InChI is InChI=1S/C19H28N4O2/c1-14(2)8-21-9-16-6-17(24)10-23(16)19(11-21)12-22(13-19)18(25)15-4-3-5-20-7-15/h3-5,7,14,16-17,24H,6,8-13H2,1-2H3/t16-,17+/m0/s1. The van der Waals surface area contributed by atoms with E-state index in [4.69, 9.17) is 0 Å². The molecule has 0 aromatic carbocycles. The molecule has 0 bridgehead atoms. The molecule has 1 spiro atoms. The Bertz CT molecular complexity index is 630. The lowest BCUT2D eigenvalue weighted by Gasteiger charge is -2.61. The topological polar surface area (TPSA) is 59.9 Å². The molecule has 1 amide bonds. The molecule has 25 heavy (non-hydrogen) atoms. The molecular formula is C19H28N4O2. The van der Waals surface area contributed by atoms with Crippen molar-refractivity contribution in [1.82, 2.24) is 19.7 Å². The van der Waals surface area contributed by atoms with Gasteiger partial charge in [0.15, 0.2) is 0 Å². The van der Waals surface area contributed by atoms with Gasteiger partial charge in [0.2, 0.25) is 0 Å². The number of aromatic nitrogens is 1. The molecular weight excluding hydrogens is 316 g/mol. The first-order valence-corrected chi connectivity index (χ1v) is 9.33. The van der Waals surface area contributed by atoms with Crippen molar-refractivity contribution in [3.63, 3.8) is 0 Å². The molecule has 0 saturated carbocycles. The van der Waals surface area contributed by atoms with Gasteiger partial charge in [0, 0.05) is 57.7 Å². The molecule has 0 unspecified atom stereocenters. The number of pyridine rings is 1. The number of amides is 1. The number of aliphatic hydroxyl groups excluding tert-OH is 1. The number of piperazine rings is 1. The van der Waals surface area contributed by atoms with Gasteiger partial charge in [0.25, 0.3) is 5.91 Å². The van der Waals surface area contributed by atoms with Gasteiger partial charge >= 0.3 is 0 Å². The summed E-state index contributed by atoms with van der Waals surface area (Å²) in [6, 6.07) is 4.05. The van der Waals surface area contributed by atoms with Crippen molar-refractivity contribution in [3.05, 3.63) is 30.1 Å². The highest BCUT2D eigenvalue weighted by atomic mass is 16.3. The van der Waals surface area contributed by atoms with E-state index >= 15 is 0 Å². The Morgan fingerprint density at radius 3 is 2.84 bits per heavy atom. The van der Waals surface area contributed by atoms with Gasteiger partial charge in [-0.25, -0.2) is 0 Å². The monoisotopic (exact) mass is 344 g/mol. The number of rotatable bonds is 3. The largest absolute Gasteiger partial charge is 0.392 e. The van der Waals surface area contributed by atoms with E-state index < -0.39 is 0 Å². The molecule has 3 saturated heterocycles. The molecule has 1 aromatic rings. The second-order valence-electron chi connectivity index (χ2n) is 8.41. The zero-order valence-electron chi connectivity index (χ0n) is 15.1. The third-order valence-corrected chi connectivity index (χ3v) is 5.78. The van der Waals surface area contributed by atoms with Gasteiger partial charge in [-0.05, 0) is 24.5 Å². The molecule has 0 aliphatic carbocycles. The molecule has 6 heteroatoms. The second-order valence-corrected chi connectivity index (χ2v) is 8.41. The maximum absolute atomic E-state index is 12.7. The summed E-state index contributed by atoms with van der Waals surface area (Å²) in [6.07, 6.45) is 3.95. The molecule has 3 aliphatic rings. The van der Waals surface area contributed by atoms with Crippen LogP contribution in [-0.4, -0.2) is 87.7 Å². The van der Waals surface area contributed by atoms with Crippen molar-refractivity contribution in [2.45, 2.75) is 38.0 Å². The number of likely N-dealkylation sites (tertiary alicyclic amines) is 1. The number of fused-ring (bicyclic) bond motifs is 2. The summed E-state index contributed by atoms with van der Waals surface area (Å²) >= 11 is 0. The highest BCUT2D eigenvalue weighted by Crippen LogP contribution is 2.39. The fraction of sp³-hybridized carbons (Fsp3) is 0.684. The van der Waals surface area contributed by atoms with Crippen LogP contribution < -0.4 is 0 Å². The zero-order valence-corrected chi connectivity index (χ0v) is 15.1. The van der Waals surface area contributed by atoms with Crippen LogP contribution in [0.3, 0.4) is 0 Å². The van der Waals surface area contributed by atoms with Crippen molar-refractivity contribution in [2.24, 2.45) is 5.92 Å². The van der Waals surface area contributed by atoms with Gasteiger partial charge in [-0.3, -0.25) is 19.6 Å². The van der Waals surface area contributed by atoms with Gasteiger partial charge < -0.3 is 10.0 Å². The molecule has 1 aromatic heterocycles. The number of hydrogen-bond donors (Lipinski definition) is 1. The maximum atomic E-state index is 12.7. The highest BCUT2D eigenvalue weighted by Gasteiger charge is 2.57. The van der Waals surface area contributed by atoms with Crippen LogP contribution in [0.25, 0.3) is 0 Å². The van der Waals surface area contributed by atoms with E-state index in [1.165, 1.54) is 0 Å². The van der Waals surface area contributed by atoms with E-state index in [9.17, 15) is 9.90 Å². The Kier molecular flexibility index (Phi) is 4.30. The first kappa shape index (κ1) is 16.9. The number of nitrogens with zero attached hydrogens (tertiary/aromatic N) is 4. The van der Waals surface area contributed by atoms with Crippen molar-refractivity contribution >= 4 is 5.91 Å². The molecule has 6 nitrogen and oxygen atoms in total. The molecule has 136 valence electrons. The van der Waals surface area contributed by atoms with Crippen LogP contribution in [0.15, 0.2) is 24.5 Å². The van der Waals surface area contributed by atoms with Gasteiger partial charge in [0.1, 0.15) is 0 Å². The summed E-state index contributed by atoms with van der Waals surface area (Å²) in [4.78, 5) is 23.7.